The van der Waals surface area contributed by atoms with Crippen molar-refractivity contribution < 1.29 is 9.18 Å². The second kappa shape index (κ2) is 5.74. The Labute approximate surface area is 109 Å². The van der Waals surface area contributed by atoms with Crippen LogP contribution in [0.3, 0.4) is 0 Å². The zero-order valence-electron chi connectivity index (χ0n) is 9.51. The van der Waals surface area contributed by atoms with Crippen molar-refractivity contribution in [3.8, 4) is 0 Å². The summed E-state index contributed by atoms with van der Waals surface area (Å²) in [5.74, 6) is -0.0970. The van der Waals surface area contributed by atoms with Crippen LogP contribution >= 0.6 is 15.9 Å². The molecule has 1 atom stereocenters. The van der Waals surface area contributed by atoms with E-state index >= 15 is 0 Å². The molecule has 1 heterocycles. The van der Waals surface area contributed by atoms with Crippen LogP contribution in [0.4, 0.5) is 4.39 Å². The van der Waals surface area contributed by atoms with Crippen LogP contribution in [-0.2, 0) is 11.2 Å². The standard InChI is InChI=1S/C13H15BrFNO/c14-10-7-9(4-5-11(10)15)8-13(17)12-3-1-2-6-16-12/h4-5,7,12,16H,1-3,6,8H2. The average molecular weight is 300 g/mol. The molecule has 2 nitrogen and oxygen atoms in total. The van der Waals surface area contributed by atoms with E-state index in [0.717, 1.165) is 31.4 Å². The summed E-state index contributed by atoms with van der Waals surface area (Å²) in [6, 6.07) is 4.71. The molecule has 1 aromatic rings. The second-order valence-corrected chi connectivity index (χ2v) is 5.25. The molecular weight excluding hydrogens is 285 g/mol. The first-order chi connectivity index (χ1) is 8.16. The number of piperidine rings is 1. The molecule has 0 amide bonds. The molecule has 4 heteroatoms. The molecule has 1 fully saturated rings. The van der Waals surface area contributed by atoms with Crippen LogP contribution in [0.1, 0.15) is 24.8 Å². The van der Waals surface area contributed by atoms with Crippen molar-refractivity contribution in [2.75, 3.05) is 6.54 Å². The summed E-state index contributed by atoms with van der Waals surface area (Å²) in [4.78, 5) is 12.0. The average Bonchev–Trinajstić information content (AvgIpc) is 2.35. The zero-order chi connectivity index (χ0) is 12.3. The Morgan fingerprint density at radius 3 is 2.94 bits per heavy atom. The number of benzene rings is 1. The van der Waals surface area contributed by atoms with Gasteiger partial charge in [-0.3, -0.25) is 4.79 Å². The zero-order valence-corrected chi connectivity index (χ0v) is 11.1. The minimum atomic E-state index is -0.294. The van der Waals surface area contributed by atoms with Gasteiger partial charge in [-0.2, -0.15) is 0 Å². The third kappa shape index (κ3) is 3.36. The van der Waals surface area contributed by atoms with Gasteiger partial charge in [-0.1, -0.05) is 12.5 Å². The molecule has 1 aromatic carbocycles. The Morgan fingerprint density at radius 2 is 2.29 bits per heavy atom. The molecule has 17 heavy (non-hydrogen) atoms. The number of hydrogen-bond acceptors (Lipinski definition) is 2. The van der Waals surface area contributed by atoms with Crippen molar-refractivity contribution >= 4 is 21.7 Å². The van der Waals surface area contributed by atoms with Gasteiger partial charge >= 0.3 is 0 Å². The van der Waals surface area contributed by atoms with E-state index in [2.05, 4.69) is 21.2 Å². The van der Waals surface area contributed by atoms with Crippen molar-refractivity contribution in [3.63, 3.8) is 0 Å². The van der Waals surface area contributed by atoms with Crippen molar-refractivity contribution in [3.05, 3.63) is 34.1 Å². The number of carbonyl (C=O) groups is 1. The van der Waals surface area contributed by atoms with E-state index in [4.69, 9.17) is 0 Å². The third-order valence-electron chi connectivity index (χ3n) is 3.06. The number of hydrogen-bond donors (Lipinski definition) is 1. The smallest absolute Gasteiger partial charge is 0.154 e. The fraction of sp³-hybridized carbons (Fsp3) is 0.462. The van der Waals surface area contributed by atoms with Gasteiger partial charge in [0.15, 0.2) is 5.78 Å². The van der Waals surface area contributed by atoms with Gasteiger partial charge in [-0.15, -0.1) is 0 Å². The van der Waals surface area contributed by atoms with Gasteiger partial charge in [0.05, 0.1) is 10.5 Å². The highest BCUT2D eigenvalue weighted by Crippen LogP contribution is 2.18. The van der Waals surface area contributed by atoms with Crippen molar-refractivity contribution in [1.29, 1.82) is 0 Å². The normalized spacial score (nSPS) is 20.2. The maximum Gasteiger partial charge on any atom is 0.154 e. The fourth-order valence-electron chi connectivity index (χ4n) is 2.10. The van der Waals surface area contributed by atoms with Crippen molar-refractivity contribution in [2.45, 2.75) is 31.7 Å². The van der Waals surface area contributed by atoms with Crippen LogP contribution in [-0.4, -0.2) is 18.4 Å². The first-order valence-electron chi connectivity index (χ1n) is 5.87. The number of Topliss-reactive ketones (excluding diaryl/α,β-unsaturated/α-hetero) is 1. The van der Waals surface area contributed by atoms with Gasteiger partial charge in [-0.25, -0.2) is 4.39 Å². The Morgan fingerprint density at radius 1 is 1.47 bits per heavy atom. The van der Waals surface area contributed by atoms with E-state index in [1.807, 2.05) is 0 Å². The Kier molecular flexibility index (Phi) is 4.29. The van der Waals surface area contributed by atoms with Gasteiger partial charge in [0.2, 0.25) is 0 Å². The van der Waals surface area contributed by atoms with Crippen LogP contribution in [0.15, 0.2) is 22.7 Å². The molecule has 0 saturated carbocycles. The van der Waals surface area contributed by atoms with Crippen molar-refractivity contribution in [1.82, 2.24) is 5.32 Å². The third-order valence-corrected chi connectivity index (χ3v) is 3.67. The number of halogens is 2. The van der Waals surface area contributed by atoms with E-state index < -0.39 is 0 Å². The molecule has 0 aliphatic carbocycles. The molecule has 1 saturated heterocycles. The predicted molar refractivity (Wildman–Crippen MR) is 68.5 cm³/mol. The summed E-state index contributed by atoms with van der Waals surface area (Å²) < 4.78 is 13.5. The maximum absolute atomic E-state index is 13.0. The molecule has 0 radical (unpaired) electrons. The van der Waals surface area contributed by atoms with E-state index in [9.17, 15) is 9.18 Å². The summed E-state index contributed by atoms with van der Waals surface area (Å²) in [5, 5.41) is 3.23. The molecule has 1 N–H and O–H groups in total. The first kappa shape index (κ1) is 12.7. The highest BCUT2D eigenvalue weighted by Gasteiger charge is 2.20. The minimum Gasteiger partial charge on any atom is -0.307 e. The lowest BCUT2D eigenvalue weighted by molar-refractivity contribution is -0.120. The first-order valence-corrected chi connectivity index (χ1v) is 6.66. The van der Waals surface area contributed by atoms with E-state index in [-0.39, 0.29) is 17.6 Å². The summed E-state index contributed by atoms with van der Waals surface area (Å²) in [7, 11) is 0. The molecule has 1 aliphatic rings. The van der Waals surface area contributed by atoms with Gasteiger partial charge in [0.1, 0.15) is 5.82 Å². The van der Waals surface area contributed by atoms with Crippen LogP contribution in [0.25, 0.3) is 0 Å². The Bertz CT molecular complexity index is 416. The van der Waals surface area contributed by atoms with Gasteiger partial charge in [-0.05, 0) is 53.0 Å². The lowest BCUT2D eigenvalue weighted by Crippen LogP contribution is -2.41. The largest absolute Gasteiger partial charge is 0.307 e. The van der Waals surface area contributed by atoms with Crippen LogP contribution in [0, 0.1) is 5.82 Å². The number of ketones is 1. The Balaban J connectivity index is 1.99. The Hall–Kier alpha value is -0.740. The van der Waals surface area contributed by atoms with Crippen LogP contribution in [0.2, 0.25) is 0 Å². The number of rotatable bonds is 3. The van der Waals surface area contributed by atoms with Gasteiger partial charge < -0.3 is 5.32 Å². The fourth-order valence-corrected chi connectivity index (χ4v) is 2.53. The SMILES string of the molecule is O=C(Cc1ccc(F)c(Br)c1)C1CCCCN1. The monoisotopic (exact) mass is 299 g/mol. The molecular formula is C13H15BrFNO. The van der Waals surface area contributed by atoms with Gasteiger partial charge in [0, 0.05) is 6.42 Å². The van der Waals surface area contributed by atoms with Crippen LogP contribution < -0.4 is 5.32 Å². The highest BCUT2D eigenvalue weighted by atomic mass is 79.9. The summed E-state index contributed by atoms with van der Waals surface area (Å²) in [5.41, 5.74) is 0.857. The second-order valence-electron chi connectivity index (χ2n) is 4.39. The van der Waals surface area contributed by atoms with E-state index in [0.29, 0.717) is 10.9 Å². The highest BCUT2D eigenvalue weighted by molar-refractivity contribution is 9.10. The molecule has 92 valence electrons. The molecule has 0 bridgehead atoms. The summed E-state index contributed by atoms with van der Waals surface area (Å²) in [6.07, 6.45) is 3.54. The lowest BCUT2D eigenvalue weighted by atomic mass is 9.97. The lowest BCUT2D eigenvalue weighted by Gasteiger charge is -2.22. The minimum absolute atomic E-state index is 0.0208. The molecule has 1 aliphatic heterocycles. The maximum atomic E-state index is 13.0. The molecule has 0 aromatic heterocycles. The predicted octanol–water partition coefficient (Wildman–Crippen LogP) is 2.84. The number of carbonyl (C=O) groups excluding carboxylic acids is 1. The summed E-state index contributed by atoms with van der Waals surface area (Å²) in [6.45, 7) is 0.920. The number of nitrogens with one attached hydrogen (secondary N) is 1. The van der Waals surface area contributed by atoms with E-state index in [1.165, 1.54) is 6.07 Å². The topological polar surface area (TPSA) is 29.1 Å². The van der Waals surface area contributed by atoms with Gasteiger partial charge in [0.25, 0.3) is 0 Å². The molecule has 0 spiro atoms. The van der Waals surface area contributed by atoms with E-state index in [1.54, 1.807) is 12.1 Å². The van der Waals surface area contributed by atoms with Crippen LogP contribution in [0.5, 0.6) is 0 Å². The molecule has 2 rings (SSSR count). The summed E-state index contributed by atoms with van der Waals surface area (Å²) >= 11 is 3.13. The molecule has 1 unspecified atom stereocenters. The van der Waals surface area contributed by atoms with Crippen molar-refractivity contribution in [2.24, 2.45) is 0 Å². The quantitative estimate of drug-likeness (QED) is 0.930.